The number of halogens is 1. The zero-order valence-corrected chi connectivity index (χ0v) is 11.8. The number of fused-ring (bicyclic) bond motifs is 1. The van der Waals surface area contributed by atoms with Gasteiger partial charge in [0.15, 0.2) is 6.10 Å². The van der Waals surface area contributed by atoms with Gasteiger partial charge in [0.25, 0.3) is 5.91 Å². The number of rotatable bonds is 5. The van der Waals surface area contributed by atoms with Gasteiger partial charge in [-0.25, -0.2) is 9.07 Å². The Balaban J connectivity index is 1.65. The minimum Gasteiger partial charge on any atom is -0.480 e. The van der Waals surface area contributed by atoms with Crippen molar-refractivity contribution in [2.45, 2.75) is 19.1 Å². The van der Waals surface area contributed by atoms with Gasteiger partial charge >= 0.3 is 0 Å². The molecule has 1 aliphatic rings. The van der Waals surface area contributed by atoms with E-state index in [2.05, 4.69) is 20.8 Å². The second-order valence-corrected chi connectivity index (χ2v) is 4.77. The molecule has 1 amide bonds. The van der Waals surface area contributed by atoms with Crippen LogP contribution in [-0.4, -0.2) is 45.9 Å². The summed E-state index contributed by atoms with van der Waals surface area (Å²) in [5.41, 5.74) is 0.666. The lowest BCUT2D eigenvalue weighted by atomic mass is 10.1. The number of carbonyl (C=O) groups excluding carboxylic acids is 1. The zero-order valence-electron chi connectivity index (χ0n) is 11.8. The van der Waals surface area contributed by atoms with E-state index in [1.54, 1.807) is 7.11 Å². The monoisotopic (exact) mass is 307 g/mol. The molecule has 22 heavy (non-hydrogen) atoms. The number of aromatic nitrogens is 4. The van der Waals surface area contributed by atoms with Gasteiger partial charge in [0, 0.05) is 19.1 Å². The summed E-state index contributed by atoms with van der Waals surface area (Å²) in [4.78, 5) is 12.2. The van der Waals surface area contributed by atoms with Gasteiger partial charge in [-0.15, -0.1) is 0 Å². The van der Waals surface area contributed by atoms with Crippen molar-refractivity contribution in [1.82, 2.24) is 20.2 Å². The van der Waals surface area contributed by atoms with Crippen molar-refractivity contribution in [2.75, 3.05) is 19.0 Å². The van der Waals surface area contributed by atoms with E-state index < -0.39 is 6.10 Å². The number of carbonyl (C=O) groups is 1. The average molecular weight is 307 g/mol. The molecule has 1 aliphatic heterocycles. The number of hydrogen-bond donors (Lipinski definition) is 1. The molecule has 1 N–H and O–H groups in total. The predicted octanol–water partition coefficient (Wildman–Crippen LogP) is 0.401. The molecule has 9 heteroatoms. The Labute approximate surface area is 125 Å². The lowest BCUT2D eigenvalue weighted by Crippen LogP contribution is -2.32. The quantitative estimate of drug-likeness (QED) is 0.860. The van der Waals surface area contributed by atoms with Gasteiger partial charge in [0.1, 0.15) is 11.6 Å². The summed E-state index contributed by atoms with van der Waals surface area (Å²) in [6.07, 6.45) is -0.428. The largest absolute Gasteiger partial charge is 0.480 e. The van der Waals surface area contributed by atoms with Crippen molar-refractivity contribution in [3.05, 3.63) is 29.6 Å². The lowest BCUT2D eigenvalue weighted by molar-refractivity contribution is -0.122. The van der Waals surface area contributed by atoms with Crippen molar-refractivity contribution < 1.29 is 18.7 Å². The molecule has 1 aromatic heterocycles. The van der Waals surface area contributed by atoms with Crippen LogP contribution in [0.5, 0.6) is 5.75 Å². The van der Waals surface area contributed by atoms with Crippen LogP contribution in [0.1, 0.15) is 5.56 Å². The van der Waals surface area contributed by atoms with Crippen LogP contribution in [0.3, 0.4) is 0 Å². The molecule has 0 fully saturated rings. The highest BCUT2D eigenvalue weighted by Crippen LogP contribution is 2.29. The van der Waals surface area contributed by atoms with Crippen LogP contribution in [0, 0.1) is 5.82 Å². The molecule has 0 saturated heterocycles. The Kier molecular flexibility index (Phi) is 3.96. The van der Waals surface area contributed by atoms with Crippen LogP contribution >= 0.6 is 0 Å². The number of methoxy groups -OCH3 is 1. The zero-order chi connectivity index (χ0) is 15.5. The third kappa shape index (κ3) is 2.89. The van der Waals surface area contributed by atoms with Crippen molar-refractivity contribution >= 4 is 11.9 Å². The Morgan fingerprint density at radius 3 is 3.27 bits per heavy atom. The van der Waals surface area contributed by atoms with Crippen molar-refractivity contribution in [1.29, 1.82) is 0 Å². The number of ether oxygens (including phenoxy) is 2. The fourth-order valence-corrected chi connectivity index (χ4v) is 2.18. The minimum atomic E-state index is -0.732. The average Bonchev–Trinajstić information content (AvgIpc) is 3.11. The maximum absolute atomic E-state index is 13.2. The standard InChI is InChI=1S/C13H14FN5O3/c1-21-5-4-19-13(16-17-18-19)15-12(20)11-7-8-6-9(14)2-3-10(8)22-11/h2-3,6,11H,4-5,7H2,1H3,(H,15,16,18,20). The van der Waals surface area contributed by atoms with Gasteiger partial charge in [-0.05, 0) is 28.6 Å². The first-order valence-electron chi connectivity index (χ1n) is 6.68. The fourth-order valence-electron chi connectivity index (χ4n) is 2.18. The van der Waals surface area contributed by atoms with Gasteiger partial charge in [0.2, 0.25) is 5.95 Å². The van der Waals surface area contributed by atoms with Gasteiger partial charge in [-0.3, -0.25) is 10.1 Å². The molecule has 3 rings (SSSR count). The second-order valence-electron chi connectivity index (χ2n) is 4.77. The molecule has 0 radical (unpaired) electrons. The van der Waals surface area contributed by atoms with E-state index in [9.17, 15) is 9.18 Å². The first kappa shape index (κ1) is 14.4. The summed E-state index contributed by atoms with van der Waals surface area (Å²) < 4.78 is 25.0. The van der Waals surface area contributed by atoms with Gasteiger partial charge in [-0.1, -0.05) is 5.10 Å². The van der Waals surface area contributed by atoms with E-state index in [1.807, 2.05) is 0 Å². The molecule has 116 valence electrons. The van der Waals surface area contributed by atoms with Crippen molar-refractivity contribution in [2.24, 2.45) is 0 Å². The summed E-state index contributed by atoms with van der Waals surface area (Å²) in [5.74, 6) is -0.00898. The molecule has 0 spiro atoms. The van der Waals surface area contributed by atoms with Crippen LogP contribution in [0.2, 0.25) is 0 Å². The molecule has 1 aromatic carbocycles. The highest BCUT2D eigenvalue weighted by atomic mass is 19.1. The first-order valence-corrected chi connectivity index (χ1v) is 6.68. The molecular formula is C13H14FN5O3. The maximum Gasteiger partial charge on any atom is 0.268 e. The summed E-state index contributed by atoms with van der Waals surface area (Å²) in [5, 5.41) is 13.6. The predicted molar refractivity (Wildman–Crippen MR) is 72.8 cm³/mol. The number of tetrazole rings is 1. The SMILES string of the molecule is COCCn1nnnc1NC(=O)C1Cc2cc(F)ccc2O1. The second kappa shape index (κ2) is 6.06. The third-order valence-corrected chi connectivity index (χ3v) is 3.26. The van der Waals surface area contributed by atoms with E-state index in [0.29, 0.717) is 30.9 Å². The lowest BCUT2D eigenvalue weighted by Gasteiger charge is -2.10. The summed E-state index contributed by atoms with van der Waals surface area (Å²) in [7, 11) is 1.56. The molecule has 2 aromatic rings. The highest BCUT2D eigenvalue weighted by molar-refractivity contribution is 5.93. The van der Waals surface area contributed by atoms with Crippen LogP contribution < -0.4 is 10.1 Å². The smallest absolute Gasteiger partial charge is 0.268 e. The van der Waals surface area contributed by atoms with Crippen molar-refractivity contribution in [3.8, 4) is 5.75 Å². The fraction of sp³-hybridized carbons (Fsp3) is 0.385. The van der Waals surface area contributed by atoms with E-state index in [-0.39, 0.29) is 17.7 Å². The summed E-state index contributed by atoms with van der Waals surface area (Å²) >= 11 is 0. The third-order valence-electron chi connectivity index (χ3n) is 3.26. The Hall–Kier alpha value is -2.55. The normalized spacial score (nSPS) is 16.2. The highest BCUT2D eigenvalue weighted by Gasteiger charge is 2.30. The topological polar surface area (TPSA) is 91.2 Å². The number of hydrogen-bond acceptors (Lipinski definition) is 6. The molecule has 0 saturated carbocycles. The molecule has 8 nitrogen and oxygen atoms in total. The summed E-state index contributed by atoms with van der Waals surface area (Å²) in [6.45, 7) is 0.828. The molecular weight excluding hydrogens is 293 g/mol. The van der Waals surface area contributed by atoms with E-state index in [4.69, 9.17) is 9.47 Å². The first-order chi connectivity index (χ1) is 10.7. The van der Waals surface area contributed by atoms with Crippen LogP contribution in [0.25, 0.3) is 0 Å². The maximum atomic E-state index is 13.2. The molecule has 0 bridgehead atoms. The Bertz CT molecular complexity index is 690. The molecule has 2 heterocycles. The van der Waals surface area contributed by atoms with Crippen LogP contribution in [-0.2, 0) is 22.5 Å². The summed E-state index contributed by atoms with van der Waals surface area (Å²) in [6, 6.07) is 4.18. The number of amides is 1. The van der Waals surface area contributed by atoms with Gasteiger partial charge in [-0.2, -0.15) is 0 Å². The number of nitrogens with zero attached hydrogens (tertiary/aromatic N) is 4. The number of nitrogens with one attached hydrogen (secondary N) is 1. The van der Waals surface area contributed by atoms with Crippen LogP contribution in [0.15, 0.2) is 18.2 Å². The van der Waals surface area contributed by atoms with Gasteiger partial charge < -0.3 is 9.47 Å². The van der Waals surface area contributed by atoms with E-state index >= 15 is 0 Å². The van der Waals surface area contributed by atoms with E-state index in [0.717, 1.165) is 0 Å². The van der Waals surface area contributed by atoms with E-state index in [1.165, 1.54) is 22.9 Å². The Morgan fingerprint density at radius 1 is 1.59 bits per heavy atom. The molecule has 0 aliphatic carbocycles. The number of benzene rings is 1. The van der Waals surface area contributed by atoms with Crippen LogP contribution in [0.4, 0.5) is 10.3 Å². The van der Waals surface area contributed by atoms with Gasteiger partial charge in [0.05, 0.1) is 13.2 Å². The molecule has 1 atom stereocenters. The minimum absolute atomic E-state index is 0.216. The van der Waals surface area contributed by atoms with Crippen molar-refractivity contribution in [3.63, 3.8) is 0 Å². The number of anilines is 1. The Morgan fingerprint density at radius 2 is 2.45 bits per heavy atom. The molecule has 1 unspecified atom stereocenters.